The van der Waals surface area contributed by atoms with Gasteiger partial charge in [0.25, 0.3) is 11.8 Å². The maximum Gasteiger partial charge on any atom is 0.262 e. The van der Waals surface area contributed by atoms with Crippen molar-refractivity contribution in [2.45, 2.75) is 31.4 Å². The van der Waals surface area contributed by atoms with Gasteiger partial charge < -0.3 is 28.7 Å². The number of piperazine rings is 1. The van der Waals surface area contributed by atoms with E-state index in [0.717, 1.165) is 63.2 Å². The number of piperidine rings is 1. The largest absolute Gasteiger partial charge is 0.491 e. The molecule has 2 aromatic carbocycles. The number of aromatic nitrogens is 2. The van der Waals surface area contributed by atoms with Gasteiger partial charge in [-0.25, -0.2) is 9.97 Å². The highest BCUT2D eigenvalue weighted by Gasteiger charge is 2.44. The second kappa shape index (κ2) is 17.0. The number of hydrogen-bond donors (Lipinski definition) is 1. The molecule has 0 radical (unpaired) electrons. The number of carbonyl (C=O) groups is 5. The first-order valence-corrected chi connectivity index (χ1v) is 19.9. The number of imide groups is 2. The van der Waals surface area contributed by atoms with Gasteiger partial charge >= 0.3 is 0 Å². The molecule has 0 saturated carbocycles. The molecule has 57 heavy (non-hydrogen) atoms. The highest BCUT2D eigenvalue weighted by atomic mass is 32.1. The normalized spacial score (nSPS) is 20.2. The summed E-state index contributed by atoms with van der Waals surface area (Å²) in [6.07, 6.45) is 3.01. The van der Waals surface area contributed by atoms with Crippen LogP contribution in [-0.4, -0.2) is 141 Å². The van der Waals surface area contributed by atoms with Crippen LogP contribution in [0.15, 0.2) is 54.7 Å². The summed E-state index contributed by atoms with van der Waals surface area (Å²) in [6, 6.07) is 13.7. The Labute approximate surface area is 332 Å². The van der Waals surface area contributed by atoms with E-state index in [1.165, 1.54) is 12.1 Å². The minimum Gasteiger partial charge on any atom is -0.491 e. The lowest BCUT2D eigenvalue weighted by molar-refractivity contribution is -0.136. The lowest BCUT2D eigenvalue weighted by Gasteiger charge is -2.32. The van der Waals surface area contributed by atoms with Crippen molar-refractivity contribution in [2.24, 2.45) is 0 Å². The van der Waals surface area contributed by atoms with E-state index in [9.17, 15) is 24.0 Å². The fourth-order valence-electron chi connectivity index (χ4n) is 7.39. The van der Waals surface area contributed by atoms with Gasteiger partial charge in [-0.05, 0) is 68.4 Å². The summed E-state index contributed by atoms with van der Waals surface area (Å²) < 4.78 is 24.1. The zero-order valence-corrected chi connectivity index (χ0v) is 32.3. The highest BCUT2D eigenvalue weighted by molar-refractivity contribution is 7.21. The fraction of sp³-hybridized carbons (Fsp3) is 0.425. The molecule has 0 spiro atoms. The quantitative estimate of drug-likeness (QED) is 0.138. The molecule has 2 unspecified atom stereocenters. The monoisotopic (exact) mass is 797 g/mol. The zero-order valence-electron chi connectivity index (χ0n) is 31.5. The van der Waals surface area contributed by atoms with Gasteiger partial charge in [-0.1, -0.05) is 0 Å². The molecule has 2 atom stereocenters. The number of anilines is 2. The van der Waals surface area contributed by atoms with E-state index in [0.29, 0.717) is 51.9 Å². The Morgan fingerprint density at radius 2 is 1.65 bits per heavy atom. The lowest BCUT2D eigenvalue weighted by atomic mass is 10.0. The van der Waals surface area contributed by atoms with Crippen LogP contribution in [0.3, 0.4) is 0 Å². The number of rotatable bonds is 15. The molecule has 3 fully saturated rings. The van der Waals surface area contributed by atoms with E-state index in [-0.39, 0.29) is 42.6 Å². The van der Waals surface area contributed by atoms with E-state index in [2.05, 4.69) is 22.3 Å². The standard InChI is InChI=1S/C40H43N7O9S/c1-44-12-13-46(36(49)24-44)26-3-6-31-33(20-26)57-38(42-31)25-2-8-34(41-22-25)45-11-10-28(23-45)56-19-17-54-15-14-53-16-18-55-27-4-5-29-30(21-27)40(52)47(39(29)51)32-7-9-35(48)43-37(32)50/h2-6,8,20-22,28,32H,7,9-19,23-24H2,1H3,(H,43,48,50). The van der Waals surface area contributed by atoms with Crippen molar-refractivity contribution in [3.05, 3.63) is 65.9 Å². The van der Waals surface area contributed by atoms with Crippen LogP contribution >= 0.6 is 11.3 Å². The fourth-order valence-corrected chi connectivity index (χ4v) is 8.38. The molecule has 16 nitrogen and oxygen atoms in total. The Kier molecular flexibility index (Phi) is 11.5. The SMILES string of the molecule is CN1CCN(c2ccc3nc(-c4ccc(N5CCC(OCCOCCOCCOc6ccc7c(c6)C(=O)N(C6CCC(=O)NC6=O)C7=O)C5)nc4)sc3c2)C(=O)C1. The Balaban J connectivity index is 0.702. The van der Waals surface area contributed by atoms with E-state index >= 15 is 0 Å². The van der Waals surface area contributed by atoms with Crippen LogP contribution < -0.4 is 19.9 Å². The van der Waals surface area contributed by atoms with E-state index in [1.54, 1.807) is 17.4 Å². The van der Waals surface area contributed by atoms with Crippen molar-refractivity contribution in [3.63, 3.8) is 0 Å². The van der Waals surface area contributed by atoms with Crippen molar-refractivity contribution < 1.29 is 42.9 Å². The van der Waals surface area contributed by atoms with E-state index < -0.39 is 29.7 Å². The van der Waals surface area contributed by atoms with Crippen LogP contribution in [0.25, 0.3) is 20.8 Å². The summed E-state index contributed by atoms with van der Waals surface area (Å²) in [5.74, 6) is -0.806. The summed E-state index contributed by atoms with van der Waals surface area (Å²) in [5, 5.41) is 3.08. The number of fused-ring (bicyclic) bond motifs is 2. The first kappa shape index (κ1) is 38.5. The highest BCUT2D eigenvalue weighted by Crippen LogP contribution is 2.34. The summed E-state index contributed by atoms with van der Waals surface area (Å²) in [7, 11) is 1.96. The molecule has 4 aliphatic rings. The maximum atomic E-state index is 13.0. The molecule has 17 heteroatoms. The van der Waals surface area contributed by atoms with Crippen molar-refractivity contribution in [3.8, 4) is 16.3 Å². The molecule has 2 aromatic heterocycles. The van der Waals surface area contributed by atoms with Gasteiger partial charge in [-0.3, -0.25) is 39.1 Å². The van der Waals surface area contributed by atoms with E-state index in [1.807, 2.05) is 41.2 Å². The van der Waals surface area contributed by atoms with Gasteiger partial charge in [0.15, 0.2) is 0 Å². The third kappa shape index (κ3) is 8.52. The van der Waals surface area contributed by atoms with Crippen molar-refractivity contribution in [2.75, 3.05) is 89.2 Å². The summed E-state index contributed by atoms with van der Waals surface area (Å²) in [4.78, 5) is 78.8. The Morgan fingerprint density at radius 3 is 2.44 bits per heavy atom. The first-order valence-electron chi connectivity index (χ1n) is 19.1. The second-order valence-electron chi connectivity index (χ2n) is 14.3. The van der Waals surface area contributed by atoms with Gasteiger partial charge in [-0.2, -0.15) is 0 Å². The number of nitrogens with zero attached hydrogens (tertiary/aromatic N) is 6. The molecule has 8 rings (SSSR count). The molecule has 4 aliphatic heterocycles. The third-order valence-corrected chi connectivity index (χ3v) is 11.5. The molecular weight excluding hydrogens is 755 g/mol. The average molecular weight is 798 g/mol. The van der Waals surface area contributed by atoms with Gasteiger partial charge in [0.1, 0.15) is 29.2 Å². The number of ether oxygens (including phenoxy) is 4. The smallest absolute Gasteiger partial charge is 0.262 e. The molecule has 4 aromatic rings. The topological polar surface area (TPSA) is 173 Å². The van der Waals surface area contributed by atoms with Crippen LogP contribution in [0, 0.1) is 0 Å². The molecule has 298 valence electrons. The number of nitrogens with one attached hydrogen (secondary N) is 1. The maximum absolute atomic E-state index is 13.0. The lowest BCUT2D eigenvalue weighted by Crippen LogP contribution is -2.54. The minimum atomic E-state index is -1.01. The molecule has 5 amide bonds. The number of carbonyl (C=O) groups excluding carboxylic acids is 5. The number of pyridine rings is 1. The minimum absolute atomic E-state index is 0.0619. The van der Waals surface area contributed by atoms with Crippen LogP contribution in [0.1, 0.15) is 40.0 Å². The van der Waals surface area contributed by atoms with Crippen molar-refractivity contribution >= 4 is 62.6 Å². The number of likely N-dealkylation sites (N-methyl/N-ethyl adjacent to an activating group) is 1. The Bertz CT molecular complexity index is 2180. The average Bonchev–Trinajstić information content (AvgIpc) is 3.92. The summed E-state index contributed by atoms with van der Waals surface area (Å²) in [6.45, 7) is 5.75. The van der Waals surface area contributed by atoms with E-state index in [4.69, 9.17) is 28.9 Å². The van der Waals surface area contributed by atoms with Crippen molar-refractivity contribution in [1.29, 1.82) is 0 Å². The number of amides is 5. The van der Waals surface area contributed by atoms with Gasteiger partial charge in [0.2, 0.25) is 17.7 Å². The molecule has 3 saturated heterocycles. The van der Waals surface area contributed by atoms with Gasteiger partial charge in [-0.15, -0.1) is 11.3 Å². The molecule has 0 aliphatic carbocycles. The Morgan fingerprint density at radius 1 is 0.842 bits per heavy atom. The summed E-state index contributed by atoms with van der Waals surface area (Å²) >= 11 is 1.60. The molecule has 6 heterocycles. The Hall–Kier alpha value is -5.33. The first-order chi connectivity index (χ1) is 27.7. The van der Waals surface area contributed by atoms with Gasteiger partial charge in [0, 0.05) is 50.0 Å². The third-order valence-electron chi connectivity index (χ3n) is 10.4. The molecule has 0 bridgehead atoms. The molecular formula is C40H43N7O9S. The predicted molar refractivity (Wildman–Crippen MR) is 210 cm³/mol. The number of thiazole rings is 1. The predicted octanol–water partition coefficient (Wildman–Crippen LogP) is 2.75. The van der Waals surface area contributed by atoms with Crippen molar-refractivity contribution in [1.82, 2.24) is 25.1 Å². The molecule has 1 N–H and O–H groups in total. The van der Waals surface area contributed by atoms with Crippen LogP contribution in [0.5, 0.6) is 5.75 Å². The van der Waals surface area contributed by atoms with Crippen LogP contribution in [0.2, 0.25) is 0 Å². The zero-order chi connectivity index (χ0) is 39.5. The van der Waals surface area contributed by atoms with Gasteiger partial charge in [0.05, 0.1) is 67.0 Å². The number of hydrogen-bond acceptors (Lipinski definition) is 14. The van der Waals surface area contributed by atoms with Crippen LogP contribution in [-0.2, 0) is 28.6 Å². The number of benzene rings is 2. The van der Waals surface area contributed by atoms with Crippen LogP contribution in [0.4, 0.5) is 11.5 Å². The second-order valence-corrected chi connectivity index (χ2v) is 15.3. The summed E-state index contributed by atoms with van der Waals surface area (Å²) in [5.41, 5.74) is 3.13.